The first-order chi connectivity index (χ1) is 10.9. The van der Waals surface area contributed by atoms with Gasteiger partial charge in [0.05, 0.1) is 12.7 Å². The van der Waals surface area contributed by atoms with Crippen LogP contribution >= 0.6 is 0 Å². The highest BCUT2D eigenvalue weighted by Gasteiger charge is 2.00. The molecule has 7 nitrogen and oxygen atoms in total. The average molecular weight is 327 g/mol. The highest BCUT2D eigenvalue weighted by atomic mass is 16.3. The van der Waals surface area contributed by atoms with Crippen molar-refractivity contribution in [2.45, 2.75) is 20.3 Å². The number of likely N-dealkylation sites (N-methyl/N-ethyl adjacent to an activating group) is 1. The Morgan fingerprint density at radius 1 is 1.00 bits per heavy atom. The summed E-state index contributed by atoms with van der Waals surface area (Å²) in [4.78, 5) is 8.85. The van der Waals surface area contributed by atoms with Crippen LogP contribution < -0.4 is 11.5 Å². The maximum Gasteiger partial charge on any atom is 0.157 e. The number of aromatic hydroxyl groups is 2. The first-order valence-corrected chi connectivity index (χ1v) is 7.33. The van der Waals surface area contributed by atoms with E-state index in [9.17, 15) is 5.11 Å². The predicted octanol–water partition coefficient (Wildman–Crippen LogP) is 1.43. The summed E-state index contributed by atoms with van der Waals surface area (Å²) in [5.74, 6) is -0.107. The Kier molecular flexibility index (Phi) is 22.0. The molecule has 134 valence electrons. The van der Waals surface area contributed by atoms with Crippen LogP contribution in [-0.4, -0.2) is 62.5 Å². The van der Waals surface area contributed by atoms with Gasteiger partial charge in [-0.05, 0) is 38.2 Å². The molecule has 0 saturated heterocycles. The van der Waals surface area contributed by atoms with Gasteiger partial charge in [0.25, 0.3) is 0 Å². The topological polar surface area (TPSA) is 120 Å². The van der Waals surface area contributed by atoms with Gasteiger partial charge in [0.1, 0.15) is 0 Å². The van der Waals surface area contributed by atoms with Crippen molar-refractivity contribution in [3.05, 3.63) is 23.8 Å². The van der Waals surface area contributed by atoms with Gasteiger partial charge in [0, 0.05) is 20.6 Å². The summed E-state index contributed by atoms with van der Waals surface area (Å²) in [6.45, 7) is 4.93. The van der Waals surface area contributed by atoms with E-state index in [1.807, 2.05) is 34.0 Å². The van der Waals surface area contributed by atoms with Gasteiger partial charge < -0.3 is 26.6 Å². The molecule has 0 heterocycles. The van der Waals surface area contributed by atoms with Crippen molar-refractivity contribution in [2.24, 2.45) is 21.5 Å². The maximum absolute atomic E-state index is 9.20. The fourth-order valence-electron chi connectivity index (χ4n) is 1.08. The van der Waals surface area contributed by atoms with Gasteiger partial charge >= 0.3 is 0 Å². The van der Waals surface area contributed by atoms with Crippen LogP contribution in [0.4, 0.5) is 0 Å². The van der Waals surface area contributed by atoms with E-state index in [4.69, 9.17) is 16.6 Å². The number of hydrogen-bond donors (Lipinski definition) is 4. The van der Waals surface area contributed by atoms with Gasteiger partial charge in [-0.1, -0.05) is 19.9 Å². The summed E-state index contributed by atoms with van der Waals surface area (Å²) in [5.41, 5.74) is 10.5. The minimum Gasteiger partial charge on any atom is -0.504 e. The van der Waals surface area contributed by atoms with Crippen molar-refractivity contribution in [3.8, 4) is 11.5 Å². The van der Waals surface area contributed by atoms with E-state index in [0.717, 1.165) is 18.5 Å². The molecule has 6 N–H and O–H groups in total. The lowest BCUT2D eigenvalue weighted by molar-refractivity contribution is 0.399. The van der Waals surface area contributed by atoms with E-state index in [2.05, 4.69) is 14.9 Å². The Balaban J connectivity index is -0.000000333. The number of aliphatic imine (C=N–C) groups is 2. The first-order valence-electron chi connectivity index (χ1n) is 7.33. The zero-order valence-electron chi connectivity index (χ0n) is 15.2. The molecule has 0 fully saturated rings. The molecule has 0 aromatic heterocycles. The molecule has 0 aliphatic carbocycles. The van der Waals surface area contributed by atoms with E-state index >= 15 is 0 Å². The Morgan fingerprint density at radius 2 is 1.43 bits per heavy atom. The Morgan fingerprint density at radius 3 is 1.74 bits per heavy atom. The SMILES string of the molecule is CC.CN(C)CCc1ccc(O)c(O)c1.CN=CN.CN=CN. The number of hydrogen-bond acceptors (Lipinski definition) is 5. The standard InChI is InChI=1S/C10H15NO2.2C2H6N2.C2H6/c1-11(2)6-5-8-3-4-9(12)10(13)7-8;2*1-4-2-3;1-2/h3-4,7,12-13H,5-6H2,1-2H3;2*2H,1H3,(H2,3,4);1-2H3. The van der Waals surface area contributed by atoms with Gasteiger partial charge in [0.15, 0.2) is 11.5 Å². The Bertz CT molecular complexity index is 403. The third-order valence-corrected chi connectivity index (χ3v) is 2.19. The molecule has 0 aliphatic heterocycles. The van der Waals surface area contributed by atoms with Crippen molar-refractivity contribution in [1.82, 2.24) is 4.90 Å². The molecule has 1 aromatic rings. The molecule has 0 unspecified atom stereocenters. The quantitative estimate of drug-likeness (QED) is 0.380. The van der Waals surface area contributed by atoms with E-state index < -0.39 is 0 Å². The monoisotopic (exact) mass is 327 g/mol. The molecule has 0 radical (unpaired) electrons. The second-order valence-corrected chi connectivity index (χ2v) is 4.19. The van der Waals surface area contributed by atoms with Crippen LogP contribution in [0.3, 0.4) is 0 Å². The minimum atomic E-state index is -0.0615. The van der Waals surface area contributed by atoms with Gasteiger partial charge in [-0.15, -0.1) is 0 Å². The number of phenolic OH excluding ortho intramolecular Hbond substituents is 2. The molecule has 1 aromatic carbocycles. The number of rotatable bonds is 3. The van der Waals surface area contributed by atoms with Crippen LogP contribution in [0.25, 0.3) is 0 Å². The third-order valence-electron chi connectivity index (χ3n) is 2.19. The van der Waals surface area contributed by atoms with E-state index in [0.29, 0.717) is 0 Å². The minimum absolute atomic E-state index is 0.0451. The van der Waals surface area contributed by atoms with Crippen molar-refractivity contribution < 1.29 is 10.2 Å². The van der Waals surface area contributed by atoms with E-state index in [1.165, 1.54) is 18.7 Å². The van der Waals surface area contributed by atoms with Crippen LogP contribution in [0.2, 0.25) is 0 Å². The van der Waals surface area contributed by atoms with E-state index in [-0.39, 0.29) is 11.5 Å². The van der Waals surface area contributed by atoms with Gasteiger partial charge in [0.2, 0.25) is 0 Å². The number of phenols is 2. The zero-order chi connectivity index (χ0) is 18.7. The summed E-state index contributed by atoms with van der Waals surface area (Å²) in [6, 6.07) is 4.93. The summed E-state index contributed by atoms with van der Waals surface area (Å²) in [7, 11) is 7.25. The summed E-state index contributed by atoms with van der Waals surface area (Å²) < 4.78 is 0. The second-order valence-electron chi connectivity index (χ2n) is 4.19. The molecular formula is C16H33N5O2. The molecule has 1 rings (SSSR count). The predicted molar refractivity (Wildman–Crippen MR) is 101 cm³/mol. The summed E-state index contributed by atoms with van der Waals surface area (Å²) in [6.07, 6.45) is 3.38. The largest absolute Gasteiger partial charge is 0.504 e. The molecule has 0 bridgehead atoms. The van der Waals surface area contributed by atoms with Crippen LogP contribution in [0.5, 0.6) is 11.5 Å². The summed E-state index contributed by atoms with van der Waals surface area (Å²) >= 11 is 0. The van der Waals surface area contributed by atoms with Crippen LogP contribution in [-0.2, 0) is 6.42 Å². The van der Waals surface area contributed by atoms with Crippen LogP contribution in [0, 0.1) is 0 Å². The van der Waals surface area contributed by atoms with Crippen molar-refractivity contribution in [1.29, 1.82) is 0 Å². The van der Waals surface area contributed by atoms with Gasteiger partial charge in [-0.2, -0.15) is 0 Å². The molecule has 7 heteroatoms. The normalized spacial score (nSPS) is 9.52. The van der Waals surface area contributed by atoms with Crippen molar-refractivity contribution in [3.63, 3.8) is 0 Å². The van der Waals surface area contributed by atoms with Gasteiger partial charge in [-0.3, -0.25) is 9.98 Å². The highest BCUT2D eigenvalue weighted by molar-refractivity contribution is 5.50. The number of nitrogens with zero attached hydrogens (tertiary/aromatic N) is 3. The third kappa shape index (κ3) is 19.7. The lowest BCUT2D eigenvalue weighted by Crippen LogP contribution is -2.14. The van der Waals surface area contributed by atoms with Crippen LogP contribution in [0.15, 0.2) is 28.2 Å². The molecule has 0 amide bonds. The molecule has 0 spiro atoms. The van der Waals surface area contributed by atoms with Crippen molar-refractivity contribution in [2.75, 3.05) is 34.7 Å². The smallest absolute Gasteiger partial charge is 0.157 e. The highest BCUT2D eigenvalue weighted by Crippen LogP contribution is 2.24. The number of nitrogens with two attached hydrogens (primary N) is 2. The lowest BCUT2D eigenvalue weighted by Gasteiger charge is -2.09. The van der Waals surface area contributed by atoms with Crippen molar-refractivity contribution >= 4 is 12.7 Å². The molecule has 23 heavy (non-hydrogen) atoms. The molecule has 0 saturated carbocycles. The Hall–Kier alpha value is -2.28. The molecule has 0 aliphatic rings. The second kappa shape index (κ2) is 19.7. The number of benzene rings is 1. The molecular weight excluding hydrogens is 294 g/mol. The fraction of sp³-hybridized carbons (Fsp3) is 0.500. The average Bonchev–Trinajstić information content (AvgIpc) is 2.58. The Labute approximate surface area is 140 Å². The maximum atomic E-state index is 9.20. The van der Waals surface area contributed by atoms with E-state index in [1.54, 1.807) is 20.2 Å². The van der Waals surface area contributed by atoms with Gasteiger partial charge in [-0.25, -0.2) is 0 Å². The zero-order valence-corrected chi connectivity index (χ0v) is 15.2. The molecule has 0 atom stereocenters. The van der Waals surface area contributed by atoms with Crippen LogP contribution in [0.1, 0.15) is 19.4 Å². The fourth-order valence-corrected chi connectivity index (χ4v) is 1.08. The first kappa shape index (κ1) is 25.7. The lowest BCUT2D eigenvalue weighted by atomic mass is 10.1. The summed E-state index contributed by atoms with van der Waals surface area (Å²) in [5, 5.41) is 18.3.